The fourth-order valence-corrected chi connectivity index (χ4v) is 2.69. The molecule has 0 amide bonds. The van der Waals surface area contributed by atoms with Crippen LogP contribution in [0.3, 0.4) is 0 Å². The number of hydrogen-bond donors (Lipinski definition) is 2. The Bertz CT molecular complexity index is 367. The molecule has 2 rings (SSSR count). The molecule has 1 aromatic carbocycles. The van der Waals surface area contributed by atoms with E-state index >= 15 is 0 Å². The fourth-order valence-electron chi connectivity index (χ4n) is 2.69. The normalized spacial score (nSPS) is 23.7. The van der Waals surface area contributed by atoms with E-state index in [4.69, 9.17) is 4.74 Å². The van der Waals surface area contributed by atoms with Crippen molar-refractivity contribution in [2.45, 2.75) is 38.6 Å². The van der Waals surface area contributed by atoms with E-state index in [0.29, 0.717) is 6.04 Å². The lowest BCUT2D eigenvalue weighted by molar-refractivity contribution is 0.286. The Kier molecular flexibility index (Phi) is 4.88. The van der Waals surface area contributed by atoms with Gasteiger partial charge in [0.15, 0.2) is 0 Å². The van der Waals surface area contributed by atoms with Crippen LogP contribution < -0.4 is 15.4 Å². The smallest absolute Gasteiger partial charge is 0.141 e. The third kappa shape index (κ3) is 3.39. The van der Waals surface area contributed by atoms with E-state index in [1.807, 2.05) is 24.3 Å². The molecule has 0 bridgehead atoms. The molecular weight excluding hydrogens is 224 g/mol. The molecule has 18 heavy (non-hydrogen) atoms. The molecule has 1 aliphatic rings. The molecule has 3 nitrogen and oxygen atoms in total. The van der Waals surface area contributed by atoms with Crippen molar-refractivity contribution in [2.75, 3.05) is 19.1 Å². The number of hydrogen-bond acceptors (Lipinski definition) is 3. The second kappa shape index (κ2) is 6.64. The first-order valence-corrected chi connectivity index (χ1v) is 6.91. The van der Waals surface area contributed by atoms with Gasteiger partial charge in [0.25, 0.3) is 0 Å². The second-order valence-corrected chi connectivity index (χ2v) is 5.13. The Morgan fingerprint density at radius 2 is 2.00 bits per heavy atom. The van der Waals surface area contributed by atoms with Crippen LogP contribution in [0.1, 0.15) is 32.6 Å². The van der Waals surface area contributed by atoms with Gasteiger partial charge >= 0.3 is 0 Å². The lowest BCUT2D eigenvalue weighted by atomic mass is 9.86. The number of rotatable bonds is 5. The fraction of sp³-hybridized carbons (Fsp3) is 0.600. The number of methoxy groups -OCH3 is 1. The van der Waals surface area contributed by atoms with E-state index in [-0.39, 0.29) is 0 Å². The molecular formula is C15H24N2O. The summed E-state index contributed by atoms with van der Waals surface area (Å²) in [6, 6.07) is 8.69. The minimum Gasteiger partial charge on any atom is -0.495 e. The van der Waals surface area contributed by atoms with Gasteiger partial charge in [-0.15, -0.1) is 0 Å². The third-order valence-electron chi connectivity index (χ3n) is 3.86. The summed E-state index contributed by atoms with van der Waals surface area (Å²) in [5.41, 5.74) is 1.05. The van der Waals surface area contributed by atoms with Crippen LogP contribution in [0, 0.1) is 5.92 Å². The Hall–Kier alpha value is -1.22. The van der Waals surface area contributed by atoms with Crippen molar-refractivity contribution in [1.29, 1.82) is 0 Å². The van der Waals surface area contributed by atoms with Crippen LogP contribution >= 0.6 is 0 Å². The molecule has 1 aliphatic carbocycles. The van der Waals surface area contributed by atoms with Crippen molar-refractivity contribution in [1.82, 2.24) is 5.32 Å². The van der Waals surface area contributed by atoms with Gasteiger partial charge in [-0.1, -0.05) is 31.9 Å². The highest BCUT2D eigenvalue weighted by Gasteiger charge is 2.20. The van der Waals surface area contributed by atoms with E-state index in [9.17, 15) is 0 Å². The Morgan fingerprint density at radius 1 is 1.22 bits per heavy atom. The van der Waals surface area contributed by atoms with E-state index in [0.717, 1.165) is 24.0 Å². The van der Waals surface area contributed by atoms with E-state index in [2.05, 4.69) is 17.6 Å². The molecule has 2 unspecified atom stereocenters. The van der Waals surface area contributed by atoms with Gasteiger partial charge in [-0.2, -0.15) is 0 Å². The van der Waals surface area contributed by atoms with Crippen molar-refractivity contribution < 1.29 is 4.74 Å². The van der Waals surface area contributed by atoms with Crippen LogP contribution in [-0.4, -0.2) is 19.8 Å². The highest BCUT2D eigenvalue weighted by atomic mass is 16.5. The minimum atomic E-state index is 0.654. The van der Waals surface area contributed by atoms with Crippen LogP contribution in [-0.2, 0) is 0 Å². The summed E-state index contributed by atoms with van der Waals surface area (Å²) < 4.78 is 5.32. The van der Waals surface area contributed by atoms with Crippen molar-refractivity contribution in [3.8, 4) is 5.75 Å². The average molecular weight is 248 g/mol. The second-order valence-electron chi connectivity index (χ2n) is 5.13. The van der Waals surface area contributed by atoms with Gasteiger partial charge in [0.05, 0.1) is 19.5 Å². The predicted molar refractivity (Wildman–Crippen MR) is 76.0 cm³/mol. The molecule has 100 valence electrons. The summed E-state index contributed by atoms with van der Waals surface area (Å²) >= 11 is 0. The lowest BCUT2D eigenvalue weighted by Crippen LogP contribution is -2.39. The molecule has 1 fully saturated rings. The molecule has 0 aromatic heterocycles. The standard InChI is InChI=1S/C15H24N2O/c1-12-7-3-4-8-13(12)16-11-17-14-9-5-6-10-15(14)18-2/h5-6,9-10,12-13,16-17H,3-4,7-8,11H2,1-2H3. The minimum absolute atomic E-state index is 0.654. The van der Waals surface area contributed by atoms with Gasteiger partial charge < -0.3 is 10.1 Å². The van der Waals surface area contributed by atoms with Gasteiger partial charge in [-0.25, -0.2) is 0 Å². The molecule has 2 N–H and O–H groups in total. The highest BCUT2D eigenvalue weighted by molar-refractivity contribution is 5.55. The van der Waals surface area contributed by atoms with E-state index < -0.39 is 0 Å². The first-order chi connectivity index (χ1) is 8.81. The van der Waals surface area contributed by atoms with Crippen LogP contribution in [0.25, 0.3) is 0 Å². The summed E-state index contributed by atoms with van der Waals surface area (Å²) in [6.07, 6.45) is 5.40. The summed E-state index contributed by atoms with van der Waals surface area (Å²) in [5.74, 6) is 1.69. The van der Waals surface area contributed by atoms with Gasteiger partial charge in [0.2, 0.25) is 0 Å². The van der Waals surface area contributed by atoms with Crippen molar-refractivity contribution in [3.05, 3.63) is 24.3 Å². The first kappa shape index (κ1) is 13.2. The van der Waals surface area contributed by atoms with Crippen molar-refractivity contribution in [3.63, 3.8) is 0 Å². The SMILES string of the molecule is COc1ccccc1NCNC1CCCCC1C. The maximum atomic E-state index is 5.32. The van der Waals surface area contributed by atoms with Crippen molar-refractivity contribution in [2.24, 2.45) is 5.92 Å². The molecule has 3 heteroatoms. The average Bonchev–Trinajstić information content (AvgIpc) is 2.41. The van der Waals surface area contributed by atoms with Gasteiger partial charge in [0.1, 0.15) is 5.75 Å². The van der Waals surface area contributed by atoms with Crippen LogP contribution in [0.2, 0.25) is 0 Å². The number of ether oxygens (including phenoxy) is 1. The van der Waals surface area contributed by atoms with Gasteiger partial charge in [-0.05, 0) is 30.9 Å². The summed E-state index contributed by atoms with van der Waals surface area (Å²) in [4.78, 5) is 0. The van der Waals surface area contributed by atoms with E-state index in [1.54, 1.807) is 7.11 Å². The highest BCUT2D eigenvalue weighted by Crippen LogP contribution is 2.24. The van der Waals surface area contributed by atoms with Gasteiger partial charge in [0, 0.05) is 6.04 Å². The monoisotopic (exact) mass is 248 g/mol. The van der Waals surface area contributed by atoms with Crippen LogP contribution in [0.15, 0.2) is 24.3 Å². The zero-order chi connectivity index (χ0) is 12.8. The number of anilines is 1. The number of nitrogens with one attached hydrogen (secondary N) is 2. The summed E-state index contributed by atoms with van der Waals surface area (Å²) in [7, 11) is 1.71. The Morgan fingerprint density at radius 3 is 2.78 bits per heavy atom. The molecule has 1 saturated carbocycles. The predicted octanol–water partition coefficient (Wildman–Crippen LogP) is 3.23. The largest absolute Gasteiger partial charge is 0.495 e. The number of para-hydroxylation sites is 2. The van der Waals surface area contributed by atoms with Crippen LogP contribution in [0.4, 0.5) is 5.69 Å². The third-order valence-corrected chi connectivity index (χ3v) is 3.86. The zero-order valence-electron chi connectivity index (χ0n) is 11.4. The first-order valence-electron chi connectivity index (χ1n) is 6.91. The maximum absolute atomic E-state index is 5.32. The van der Waals surface area contributed by atoms with E-state index in [1.165, 1.54) is 25.7 Å². The zero-order valence-corrected chi connectivity index (χ0v) is 11.4. The Labute approximate surface area is 110 Å². The summed E-state index contributed by atoms with van der Waals surface area (Å²) in [6.45, 7) is 3.15. The maximum Gasteiger partial charge on any atom is 0.141 e. The Balaban J connectivity index is 1.80. The summed E-state index contributed by atoms with van der Waals surface area (Å²) in [5, 5.41) is 7.00. The van der Waals surface area contributed by atoms with Gasteiger partial charge in [-0.3, -0.25) is 5.32 Å². The molecule has 1 aromatic rings. The molecule has 0 radical (unpaired) electrons. The molecule has 0 saturated heterocycles. The quantitative estimate of drug-likeness (QED) is 0.785. The molecule has 0 heterocycles. The lowest BCUT2D eigenvalue weighted by Gasteiger charge is -2.30. The van der Waals surface area contributed by atoms with Crippen LogP contribution in [0.5, 0.6) is 5.75 Å². The molecule has 2 atom stereocenters. The number of benzene rings is 1. The van der Waals surface area contributed by atoms with Crippen molar-refractivity contribution >= 4 is 5.69 Å². The topological polar surface area (TPSA) is 33.3 Å². The molecule has 0 spiro atoms. The molecule has 0 aliphatic heterocycles.